The van der Waals surface area contributed by atoms with E-state index in [2.05, 4.69) is 11.2 Å². The molecule has 82 valence electrons. The van der Waals surface area contributed by atoms with Crippen LogP contribution in [-0.2, 0) is 6.54 Å². The lowest BCUT2D eigenvalue weighted by atomic mass is 9.96. The molecule has 2 atom stereocenters. The Morgan fingerprint density at radius 3 is 2.87 bits per heavy atom. The van der Waals surface area contributed by atoms with Crippen LogP contribution in [-0.4, -0.2) is 14.9 Å². The molecule has 1 aromatic heterocycles. The number of aliphatic hydroxyl groups is 1. The molecule has 15 heavy (non-hydrogen) atoms. The quantitative estimate of drug-likeness (QED) is 0.801. The van der Waals surface area contributed by atoms with Crippen LogP contribution in [0.5, 0.6) is 0 Å². The highest BCUT2D eigenvalue weighted by Gasteiger charge is 2.22. The van der Waals surface area contributed by atoms with E-state index in [1.165, 1.54) is 0 Å². The number of hydrogen-bond donors (Lipinski definition) is 1. The fourth-order valence-electron chi connectivity index (χ4n) is 1.67. The van der Waals surface area contributed by atoms with Crippen LogP contribution in [0.4, 0.5) is 0 Å². The van der Waals surface area contributed by atoms with Gasteiger partial charge in [-0.25, -0.2) is 0 Å². The molecule has 0 aliphatic heterocycles. The Kier molecular flexibility index (Phi) is 4.32. The van der Waals surface area contributed by atoms with Gasteiger partial charge in [-0.2, -0.15) is 10.4 Å². The number of aromatic nitrogens is 2. The normalized spacial score (nSPS) is 14.5. The van der Waals surface area contributed by atoms with Crippen molar-refractivity contribution in [2.45, 2.75) is 39.3 Å². The minimum absolute atomic E-state index is 0.336. The molecule has 0 bridgehead atoms. The first-order valence-electron chi connectivity index (χ1n) is 5.33. The zero-order valence-corrected chi connectivity index (χ0v) is 9.22. The largest absolute Gasteiger partial charge is 0.385 e. The SMILES string of the molecule is CCCC(C#N)C(O)c1ccnn1CC. The van der Waals surface area contributed by atoms with Gasteiger partial charge in [0.25, 0.3) is 0 Å². The molecular weight excluding hydrogens is 190 g/mol. The van der Waals surface area contributed by atoms with Crippen LogP contribution in [0, 0.1) is 17.2 Å². The molecule has 0 aliphatic carbocycles. The minimum Gasteiger partial charge on any atom is -0.385 e. The van der Waals surface area contributed by atoms with E-state index >= 15 is 0 Å². The summed E-state index contributed by atoms with van der Waals surface area (Å²) >= 11 is 0. The summed E-state index contributed by atoms with van der Waals surface area (Å²) in [4.78, 5) is 0. The first-order chi connectivity index (χ1) is 7.24. The fraction of sp³-hybridized carbons (Fsp3) is 0.636. The van der Waals surface area contributed by atoms with Gasteiger partial charge in [-0.15, -0.1) is 0 Å². The van der Waals surface area contributed by atoms with E-state index in [9.17, 15) is 5.11 Å². The van der Waals surface area contributed by atoms with Crippen LogP contribution in [0.25, 0.3) is 0 Å². The van der Waals surface area contributed by atoms with E-state index in [1.54, 1.807) is 16.9 Å². The second kappa shape index (κ2) is 5.52. The van der Waals surface area contributed by atoms with E-state index in [0.717, 1.165) is 12.1 Å². The lowest BCUT2D eigenvalue weighted by Crippen LogP contribution is -2.15. The van der Waals surface area contributed by atoms with Gasteiger partial charge < -0.3 is 5.11 Å². The Labute approximate surface area is 90.1 Å². The molecule has 0 aromatic carbocycles. The predicted molar refractivity (Wildman–Crippen MR) is 56.9 cm³/mol. The first kappa shape index (κ1) is 11.7. The standard InChI is InChI=1S/C11H17N3O/c1-3-5-9(8-12)11(15)10-6-7-13-14(10)4-2/h6-7,9,11,15H,3-5H2,1-2H3. The summed E-state index contributed by atoms with van der Waals surface area (Å²) < 4.78 is 1.73. The number of aryl methyl sites for hydroxylation is 1. The molecule has 0 amide bonds. The zero-order valence-electron chi connectivity index (χ0n) is 9.22. The van der Waals surface area contributed by atoms with Gasteiger partial charge >= 0.3 is 0 Å². The van der Waals surface area contributed by atoms with Crippen LogP contribution in [0.1, 0.15) is 38.5 Å². The molecule has 1 heterocycles. The van der Waals surface area contributed by atoms with Crippen molar-refractivity contribution >= 4 is 0 Å². The summed E-state index contributed by atoms with van der Waals surface area (Å²) in [5.41, 5.74) is 0.734. The molecule has 0 radical (unpaired) electrons. The van der Waals surface area contributed by atoms with E-state index in [1.807, 2.05) is 13.8 Å². The Balaban J connectivity index is 2.83. The van der Waals surface area contributed by atoms with Crippen LogP contribution in [0.15, 0.2) is 12.3 Å². The number of hydrogen-bond acceptors (Lipinski definition) is 3. The molecule has 2 unspecified atom stereocenters. The summed E-state index contributed by atoms with van der Waals surface area (Å²) in [7, 11) is 0. The highest BCUT2D eigenvalue weighted by Crippen LogP contribution is 2.24. The van der Waals surface area contributed by atoms with Gasteiger partial charge in [0.2, 0.25) is 0 Å². The van der Waals surface area contributed by atoms with Crippen LogP contribution in [0.2, 0.25) is 0 Å². The monoisotopic (exact) mass is 207 g/mol. The second-order valence-electron chi connectivity index (χ2n) is 3.54. The van der Waals surface area contributed by atoms with Crippen LogP contribution < -0.4 is 0 Å². The Morgan fingerprint density at radius 1 is 1.60 bits per heavy atom. The minimum atomic E-state index is -0.725. The third-order valence-corrected chi connectivity index (χ3v) is 2.50. The van der Waals surface area contributed by atoms with E-state index in [-0.39, 0.29) is 5.92 Å². The molecule has 0 saturated heterocycles. The van der Waals surface area contributed by atoms with E-state index in [4.69, 9.17) is 5.26 Å². The number of nitrogens with zero attached hydrogens (tertiary/aromatic N) is 3. The number of rotatable bonds is 5. The second-order valence-corrected chi connectivity index (χ2v) is 3.54. The Morgan fingerprint density at radius 2 is 2.33 bits per heavy atom. The van der Waals surface area contributed by atoms with Crippen LogP contribution in [0.3, 0.4) is 0 Å². The van der Waals surface area contributed by atoms with Crippen molar-refractivity contribution in [1.82, 2.24) is 9.78 Å². The lowest BCUT2D eigenvalue weighted by Gasteiger charge is -2.16. The number of nitriles is 1. The van der Waals surface area contributed by atoms with Crippen molar-refractivity contribution in [3.05, 3.63) is 18.0 Å². The number of aliphatic hydroxyl groups excluding tert-OH is 1. The topological polar surface area (TPSA) is 61.8 Å². The van der Waals surface area contributed by atoms with Crippen molar-refractivity contribution in [3.8, 4) is 6.07 Å². The maximum Gasteiger partial charge on any atom is 0.111 e. The molecule has 4 heteroatoms. The zero-order chi connectivity index (χ0) is 11.3. The molecule has 1 rings (SSSR count). The molecule has 1 aromatic rings. The smallest absolute Gasteiger partial charge is 0.111 e. The summed E-state index contributed by atoms with van der Waals surface area (Å²) in [6.07, 6.45) is 2.54. The van der Waals surface area contributed by atoms with Crippen molar-refractivity contribution in [2.24, 2.45) is 5.92 Å². The highest BCUT2D eigenvalue weighted by molar-refractivity contribution is 5.09. The van der Waals surface area contributed by atoms with Gasteiger partial charge in [-0.1, -0.05) is 13.3 Å². The van der Waals surface area contributed by atoms with E-state index < -0.39 is 6.10 Å². The van der Waals surface area contributed by atoms with Crippen LogP contribution >= 0.6 is 0 Å². The summed E-state index contributed by atoms with van der Waals surface area (Å²) in [5, 5.41) is 23.1. The molecule has 1 N–H and O–H groups in total. The maximum absolute atomic E-state index is 10.0. The molecule has 0 fully saturated rings. The van der Waals surface area contributed by atoms with Crippen molar-refractivity contribution in [1.29, 1.82) is 5.26 Å². The fourth-order valence-corrected chi connectivity index (χ4v) is 1.67. The van der Waals surface area contributed by atoms with Crippen molar-refractivity contribution in [2.75, 3.05) is 0 Å². The summed E-state index contributed by atoms with van der Waals surface area (Å²) in [5.74, 6) is -0.336. The van der Waals surface area contributed by atoms with Gasteiger partial charge in [0, 0.05) is 12.7 Å². The highest BCUT2D eigenvalue weighted by atomic mass is 16.3. The Hall–Kier alpha value is -1.34. The molecule has 0 aliphatic rings. The van der Waals surface area contributed by atoms with Crippen molar-refractivity contribution in [3.63, 3.8) is 0 Å². The van der Waals surface area contributed by atoms with Gasteiger partial charge in [0.15, 0.2) is 0 Å². The van der Waals surface area contributed by atoms with Crippen molar-refractivity contribution < 1.29 is 5.11 Å². The van der Waals surface area contributed by atoms with Gasteiger partial charge in [-0.05, 0) is 19.4 Å². The molecular formula is C11H17N3O. The van der Waals surface area contributed by atoms with Gasteiger partial charge in [0.1, 0.15) is 6.10 Å². The average molecular weight is 207 g/mol. The summed E-state index contributed by atoms with van der Waals surface area (Å²) in [6, 6.07) is 3.92. The van der Waals surface area contributed by atoms with E-state index in [0.29, 0.717) is 13.0 Å². The third kappa shape index (κ3) is 2.57. The maximum atomic E-state index is 10.0. The van der Waals surface area contributed by atoms with Gasteiger partial charge in [0.05, 0.1) is 17.7 Å². The molecule has 4 nitrogen and oxygen atoms in total. The third-order valence-electron chi connectivity index (χ3n) is 2.50. The predicted octanol–water partition coefficient (Wildman–Crippen LogP) is 1.88. The molecule has 0 saturated carbocycles. The Bertz CT molecular complexity index is 340. The first-order valence-corrected chi connectivity index (χ1v) is 5.33. The lowest BCUT2D eigenvalue weighted by molar-refractivity contribution is 0.120. The molecule has 0 spiro atoms. The average Bonchev–Trinajstić information content (AvgIpc) is 2.72. The summed E-state index contributed by atoms with van der Waals surface area (Å²) in [6.45, 7) is 4.68. The van der Waals surface area contributed by atoms with Gasteiger partial charge in [-0.3, -0.25) is 4.68 Å².